The van der Waals surface area contributed by atoms with Crippen molar-refractivity contribution in [3.63, 3.8) is 0 Å². The summed E-state index contributed by atoms with van der Waals surface area (Å²) in [6, 6.07) is 19.8. The van der Waals surface area contributed by atoms with Crippen LogP contribution in [0.15, 0.2) is 65.1 Å². The van der Waals surface area contributed by atoms with Crippen LogP contribution in [0.4, 0.5) is 5.69 Å². The van der Waals surface area contributed by atoms with Gasteiger partial charge < -0.3 is 14.2 Å². The van der Waals surface area contributed by atoms with Gasteiger partial charge in [-0.05, 0) is 42.5 Å². The molecule has 0 spiro atoms. The molecule has 3 aromatic rings. The van der Waals surface area contributed by atoms with Crippen LogP contribution in [0.1, 0.15) is 11.8 Å². The fourth-order valence-corrected chi connectivity index (χ4v) is 4.05. The average molecular weight is 417 g/mol. The van der Waals surface area contributed by atoms with Crippen molar-refractivity contribution in [3.8, 4) is 11.3 Å². The number of hydrogen-bond acceptors (Lipinski definition) is 3. The average Bonchev–Trinajstić information content (AvgIpc) is 3.20. The van der Waals surface area contributed by atoms with E-state index in [0.29, 0.717) is 15.8 Å². The number of hydrogen-bond donors (Lipinski definition) is 0. The molecule has 0 saturated carbocycles. The van der Waals surface area contributed by atoms with E-state index in [-0.39, 0.29) is 6.04 Å². The van der Waals surface area contributed by atoms with Crippen molar-refractivity contribution in [3.05, 3.63) is 76.5 Å². The summed E-state index contributed by atoms with van der Waals surface area (Å²) in [6.07, 6.45) is 0. The molecule has 3 nitrogen and oxygen atoms in total. The first-order valence-electron chi connectivity index (χ1n) is 8.72. The Morgan fingerprint density at radius 1 is 1.00 bits per heavy atom. The third kappa shape index (κ3) is 3.84. The van der Waals surface area contributed by atoms with Crippen LogP contribution in [0.5, 0.6) is 0 Å². The third-order valence-corrected chi connectivity index (χ3v) is 5.66. The van der Waals surface area contributed by atoms with Gasteiger partial charge in [0.2, 0.25) is 0 Å². The fourth-order valence-electron chi connectivity index (χ4n) is 3.41. The summed E-state index contributed by atoms with van der Waals surface area (Å²) in [5, 5.41) is 1.24. The van der Waals surface area contributed by atoms with Crippen LogP contribution in [0.25, 0.3) is 11.3 Å². The van der Waals surface area contributed by atoms with Gasteiger partial charge in [0, 0.05) is 35.9 Å². The Morgan fingerprint density at radius 2 is 1.81 bits per heavy atom. The number of anilines is 1. The highest BCUT2D eigenvalue weighted by molar-refractivity contribution is 7.78. The first-order chi connectivity index (χ1) is 13.2. The number of furan rings is 1. The molecular weight excluding hydrogens is 399 g/mol. The fraction of sp³-hybridized carbons (Fsp3) is 0.190. The molecule has 0 bridgehead atoms. The first kappa shape index (κ1) is 18.4. The van der Waals surface area contributed by atoms with Crippen LogP contribution < -0.4 is 4.90 Å². The number of piperazine rings is 1. The molecule has 1 aromatic heterocycles. The van der Waals surface area contributed by atoms with E-state index in [2.05, 4.69) is 34.1 Å². The summed E-state index contributed by atoms with van der Waals surface area (Å²) in [6.45, 7) is 2.56. The van der Waals surface area contributed by atoms with E-state index in [1.165, 1.54) is 5.69 Å². The largest absolute Gasteiger partial charge is 0.459 e. The standard InChI is InChI=1S/C21H18Cl2N2OS/c22-15-6-7-18(23)17(12-15)20-8-9-21(26-20)19-13-24(10-11-25(19)14-27)16-4-2-1-3-5-16/h1-9,12,14,19H,10-11,13H2. The van der Waals surface area contributed by atoms with Gasteiger partial charge in [0.25, 0.3) is 0 Å². The quantitative estimate of drug-likeness (QED) is 0.480. The van der Waals surface area contributed by atoms with Gasteiger partial charge in [-0.15, -0.1) is 0 Å². The highest BCUT2D eigenvalue weighted by atomic mass is 35.5. The smallest absolute Gasteiger partial charge is 0.135 e. The van der Waals surface area contributed by atoms with Crippen molar-refractivity contribution >= 4 is 46.6 Å². The minimum absolute atomic E-state index is 0.0446. The maximum absolute atomic E-state index is 6.32. The monoisotopic (exact) mass is 416 g/mol. The predicted octanol–water partition coefficient (Wildman–Crippen LogP) is 6.07. The van der Waals surface area contributed by atoms with Crippen molar-refractivity contribution < 1.29 is 4.42 Å². The van der Waals surface area contributed by atoms with Crippen LogP contribution in [0, 0.1) is 0 Å². The van der Waals surface area contributed by atoms with Gasteiger partial charge in [-0.3, -0.25) is 0 Å². The Morgan fingerprint density at radius 3 is 2.59 bits per heavy atom. The maximum atomic E-state index is 6.32. The summed E-state index contributed by atoms with van der Waals surface area (Å²) in [4.78, 5) is 4.51. The molecule has 1 unspecified atom stereocenters. The van der Waals surface area contributed by atoms with Gasteiger partial charge in [0.15, 0.2) is 0 Å². The summed E-state index contributed by atoms with van der Waals surface area (Å²) >= 11 is 17.7. The van der Waals surface area contributed by atoms with E-state index in [4.69, 9.17) is 39.8 Å². The van der Waals surface area contributed by atoms with Crippen LogP contribution >= 0.6 is 35.4 Å². The second kappa shape index (κ2) is 7.93. The van der Waals surface area contributed by atoms with Crippen molar-refractivity contribution in [2.24, 2.45) is 0 Å². The molecule has 1 saturated heterocycles. The molecule has 27 heavy (non-hydrogen) atoms. The molecule has 1 fully saturated rings. The molecule has 6 heteroatoms. The maximum Gasteiger partial charge on any atom is 0.135 e. The van der Waals surface area contributed by atoms with E-state index in [1.807, 2.05) is 24.3 Å². The molecule has 138 valence electrons. The van der Waals surface area contributed by atoms with Crippen molar-refractivity contribution in [1.82, 2.24) is 4.90 Å². The number of thiocarbonyl (C=S) groups is 1. The van der Waals surface area contributed by atoms with Crippen molar-refractivity contribution in [2.75, 3.05) is 24.5 Å². The molecule has 0 aliphatic carbocycles. The second-order valence-corrected chi connectivity index (χ2v) is 7.52. The molecule has 1 aliphatic rings. The molecule has 4 rings (SSSR count). The van der Waals surface area contributed by atoms with Crippen LogP contribution in [0.2, 0.25) is 10.0 Å². The lowest BCUT2D eigenvalue weighted by atomic mass is 10.1. The van der Waals surface area contributed by atoms with E-state index < -0.39 is 0 Å². The summed E-state index contributed by atoms with van der Waals surface area (Å²) in [5.74, 6) is 1.57. The molecule has 0 N–H and O–H groups in total. The zero-order chi connectivity index (χ0) is 18.8. The summed E-state index contributed by atoms with van der Waals surface area (Å²) in [7, 11) is 0. The van der Waals surface area contributed by atoms with E-state index in [1.54, 1.807) is 17.6 Å². The number of benzene rings is 2. The Bertz CT molecular complexity index is 944. The molecule has 0 amide bonds. The lowest BCUT2D eigenvalue weighted by Crippen LogP contribution is -2.47. The highest BCUT2D eigenvalue weighted by Crippen LogP contribution is 2.35. The van der Waals surface area contributed by atoms with Crippen LogP contribution in [0.3, 0.4) is 0 Å². The van der Waals surface area contributed by atoms with E-state index in [0.717, 1.165) is 31.0 Å². The number of rotatable bonds is 4. The van der Waals surface area contributed by atoms with E-state index >= 15 is 0 Å². The zero-order valence-corrected chi connectivity index (χ0v) is 16.8. The van der Waals surface area contributed by atoms with Gasteiger partial charge in [-0.1, -0.05) is 53.6 Å². The third-order valence-electron chi connectivity index (χ3n) is 4.83. The van der Waals surface area contributed by atoms with Gasteiger partial charge in [-0.2, -0.15) is 0 Å². The second-order valence-electron chi connectivity index (χ2n) is 6.47. The normalized spacial score (nSPS) is 17.2. The predicted molar refractivity (Wildman–Crippen MR) is 116 cm³/mol. The van der Waals surface area contributed by atoms with Crippen molar-refractivity contribution in [1.29, 1.82) is 0 Å². The molecule has 0 radical (unpaired) electrons. The number of halogens is 2. The first-order valence-corrected chi connectivity index (χ1v) is 9.94. The zero-order valence-electron chi connectivity index (χ0n) is 14.5. The number of nitrogens with zero attached hydrogens (tertiary/aromatic N) is 2. The Labute approximate surface area is 174 Å². The van der Waals surface area contributed by atoms with Gasteiger partial charge in [-0.25, -0.2) is 0 Å². The summed E-state index contributed by atoms with van der Waals surface area (Å²) < 4.78 is 6.18. The Hall–Kier alpha value is -2.01. The lowest BCUT2D eigenvalue weighted by Gasteiger charge is -2.40. The van der Waals surface area contributed by atoms with E-state index in [9.17, 15) is 0 Å². The lowest BCUT2D eigenvalue weighted by molar-refractivity contribution is 0.261. The topological polar surface area (TPSA) is 19.6 Å². The summed E-state index contributed by atoms with van der Waals surface area (Å²) in [5.41, 5.74) is 3.72. The van der Waals surface area contributed by atoms with Crippen LogP contribution in [-0.4, -0.2) is 30.0 Å². The molecule has 1 aliphatic heterocycles. The van der Waals surface area contributed by atoms with Gasteiger partial charge >= 0.3 is 0 Å². The number of para-hydroxylation sites is 1. The SMILES string of the molecule is S=CN1CCN(c2ccccc2)CC1c1ccc(-c2cc(Cl)ccc2Cl)o1. The van der Waals surface area contributed by atoms with Gasteiger partial charge in [0.1, 0.15) is 17.6 Å². The minimum atomic E-state index is 0.0446. The molecule has 1 atom stereocenters. The highest BCUT2D eigenvalue weighted by Gasteiger charge is 2.29. The van der Waals surface area contributed by atoms with Crippen LogP contribution in [-0.2, 0) is 0 Å². The molecule has 2 aromatic carbocycles. The van der Waals surface area contributed by atoms with Gasteiger partial charge in [0.05, 0.1) is 10.5 Å². The molecule has 2 heterocycles. The molecular formula is C21H18Cl2N2OS. The Kier molecular flexibility index (Phi) is 5.39. The van der Waals surface area contributed by atoms with Crippen molar-refractivity contribution in [2.45, 2.75) is 6.04 Å². The Balaban J connectivity index is 1.63. The minimum Gasteiger partial charge on any atom is -0.459 e.